The van der Waals surface area contributed by atoms with Gasteiger partial charge in [0, 0.05) is 17.6 Å². The molecule has 18 heavy (non-hydrogen) atoms. The van der Waals surface area contributed by atoms with E-state index >= 15 is 0 Å². The lowest BCUT2D eigenvalue weighted by Gasteiger charge is -2.05. The van der Waals surface area contributed by atoms with E-state index in [1.807, 2.05) is 39.0 Å². The van der Waals surface area contributed by atoms with Crippen LogP contribution in [0.5, 0.6) is 0 Å². The molecule has 96 valence electrons. The molecule has 0 atom stereocenters. The molecule has 0 amide bonds. The minimum absolute atomic E-state index is 0.643. The van der Waals surface area contributed by atoms with Crippen LogP contribution in [0.25, 0.3) is 0 Å². The summed E-state index contributed by atoms with van der Waals surface area (Å²) in [6.07, 6.45) is 2.81. The van der Waals surface area contributed by atoms with Gasteiger partial charge in [-0.05, 0) is 37.1 Å². The zero-order chi connectivity index (χ0) is 13.4. The van der Waals surface area contributed by atoms with Crippen LogP contribution in [0.1, 0.15) is 32.0 Å². The van der Waals surface area contributed by atoms with E-state index in [4.69, 9.17) is 0 Å². The van der Waals surface area contributed by atoms with Crippen LogP contribution >= 0.6 is 0 Å². The Morgan fingerprint density at radius 1 is 1.06 bits per heavy atom. The van der Waals surface area contributed by atoms with E-state index in [0.717, 1.165) is 17.8 Å². The molecule has 1 N–H and O–H groups in total. The Morgan fingerprint density at radius 2 is 1.72 bits per heavy atom. The minimum Gasteiger partial charge on any atom is -0.324 e. The summed E-state index contributed by atoms with van der Waals surface area (Å²) < 4.78 is 0. The fourth-order valence-electron chi connectivity index (χ4n) is 1.46. The van der Waals surface area contributed by atoms with Crippen molar-refractivity contribution in [1.82, 2.24) is 9.97 Å². The summed E-state index contributed by atoms with van der Waals surface area (Å²) in [5.74, 6) is 0.643. The van der Waals surface area contributed by atoms with Crippen LogP contribution in [0, 0.1) is 6.92 Å². The smallest absolute Gasteiger partial charge is 0.227 e. The lowest BCUT2D eigenvalue weighted by molar-refractivity contribution is 1.10. The van der Waals surface area contributed by atoms with Gasteiger partial charge < -0.3 is 5.32 Å². The molecule has 0 aliphatic rings. The quantitative estimate of drug-likeness (QED) is 0.881. The van der Waals surface area contributed by atoms with Gasteiger partial charge in [0.25, 0.3) is 0 Å². The third kappa shape index (κ3) is 4.17. The lowest BCUT2D eigenvalue weighted by Crippen LogP contribution is -1.97. The molecule has 1 aromatic carbocycles. The van der Waals surface area contributed by atoms with Gasteiger partial charge >= 0.3 is 0 Å². The van der Waals surface area contributed by atoms with Gasteiger partial charge in [0.05, 0.1) is 0 Å². The molecule has 3 nitrogen and oxygen atoms in total. The van der Waals surface area contributed by atoms with Gasteiger partial charge in [-0.1, -0.05) is 32.9 Å². The molecule has 0 radical (unpaired) electrons. The highest BCUT2D eigenvalue weighted by atomic mass is 15.1. The van der Waals surface area contributed by atoms with Crippen molar-refractivity contribution in [3.8, 4) is 0 Å². The SMILES string of the molecule is CC.CCc1ccc(Nc2nccc(C)n2)cc1. The first-order chi connectivity index (χ1) is 8.78. The van der Waals surface area contributed by atoms with Crippen molar-refractivity contribution >= 4 is 11.6 Å². The molecule has 2 rings (SSSR count). The van der Waals surface area contributed by atoms with Gasteiger partial charge in [-0.25, -0.2) is 9.97 Å². The fourth-order valence-corrected chi connectivity index (χ4v) is 1.46. The van der Waals surface area contributed by atoms with Gasteiger partial charge in [0.1, 0.15) is 0 Å². The minimum atomic E-state index is 0.643. The second kappa shape index (κ2) is 7.43. The van der Waals surface area contributed by atoms with Crippen molar-refractivity contribution in [3.63, 3.8) is 0 Å². The van der Waals surface area contributed by atoms with Crippen LogP contribution in [-0.4, -0.2) is 9.97 Å². The molecule has 0 spiro atoms. The first-order valence-corrected chi connectivity index (χ1v) is 6.43. The number of aromatic nitrogens is 2. The maximum Gasteiger partial charge on any atom is 0.227 e. The first kappa shape index (κ1) is 14.2. The Bertz CT molecular complexity index is 463. The largest absolute Gasteiger partial charge is 0.324 e. The number of hydrogen-bond donors (Lipinski definition) is 1. The van der Waals surface area contributed by atoms with E-state index in [-0.39, 0.29) is 0 Å². The summed E-state index contributed by atoms with van der Waals surface area (Å²) in [4.78, 5) is 8.44. The topological polar surface area (TPSA) is 37.8 Å². The van der Waals surface area contributed by atoms with Crippen LogP contribution in [0.3, 0.4) is 0 Å². The van der Waals surface area contributed by atoms with Crippen LogP contribution in [-0.2, 0) is 6.42 Å². The van der Waals surface area contributed by atoms with E-state index in [1.165, 1.54) is 5.56 Å². The molecular weight excluding hydrogens is 222 g/mol. The Hall–Kier alpha value is -1.90. The third-order valence-electron chi connectivity index (χ3n) is 2.41. The fraction of sp³-hybridized carbons (Fsp3) is 0.333. The average Bonchev–Trinajstić information content (AvgIpc) is 2.42. The molecule has 2 aromatic rings. The summed E-state index contributed by atoms with van der Waals surface area (Å²) in [5.41, 5.74) is 3.31. The summed E-state index contributed by atoms with van der Waals surface area (Å²) in [5, 5.41) is 3.17. The van der Waals surface area contributed by atoms with Crippen molar-refractivity contribution in [2.75, 3.05) is 5.32 Å². The van der Waals surface area contributed by atoms with Gasteiger partial charge in [-0.15, -0.1) is 0 Å². The van der Waals surface area contributed by atoms with Crippen LogP contribution in [0.4, 0.5) is 11.6 Å². The second-order valence-electron chi connectivity index (χ2n) is 3.70. The molecule has 0 bridgehead atoms. The van der Waals surface area contributed by atoms with Gasteiger partial charge in [-0.3, -0.25) is 0 Å². The monoisotopic (exact) mass is 243 g/mol. The van der Waals surface area contributed by atoms with Crippen molar-refractivity contribution in [2.45, 2.75) is 34.1 Å². The molecule has 1 heterocycles. The number of rotatable bonds is 3. The Balaban J connectivity index is 0.000000771. The molecular formula is C15H21N3. The van der Waals surface area contributed by atoms with Crippen LogP contribution < -0.4 is 5.32 Å². The molecule has 0 unspecified atom stereocenters. The van der Waals surface area contributed by atoms with E-state index in [0.29, 0.717) is 5.95 Å². The summed E-state index contributed by atoms with van der Waals surface area (Å²) >= 11 is 0. The number of aryl methyl sites for hydroxylation is 2. The highest BCUT2D eigenvalue weighted by Crippen LogP contribution is 2.13. The highest BCUT2D eigenvalue weighted by Gasteiger charge is 1.97. The second-order valence-corrected chi connectivity index (χ2v) is 3.70. The van der Waals surface area contributed by atoms with E-state index in [2.05, 4.69) is 34.3 Å². The molecule has 0 aliphatic carbocycles. The summed E-state index contributed by atoms with van der Waals surface area (Å²) in [6.45, 7) is 8.10. The lowest BCUT2D eigenvalue weighted by atomic mass is 10.1. The Kier molecular flexibility index (Phi) is 5.85. The molecule has 3 heteroatoms. The van der Waals surface area contributed by atoms with Crippen molar-refractivity contribution in [1.29, 1.82) is 0 Å². The van der Waals surface area contributed by atoms with E-state index < -0.39 is 0 Å². The third-order valence-corrected chi connectivity index (χ3v) is 2.41. The predicted octanol–water partition coefficient (Wildman–Crippen LogP) is 4.12. The predicted molar refractivity (Wildman–Crippen MR) is 77.2 cm³/mol. The Labute approximate surface area is 109 Å². The molecule has 0 saturated carbocycles. The van der Waals surface area contributed by atoms with Crippen molar-refractivity contribution < 1.29 is 0 Å². The van der Waals surface area contributed by atoms with E-state index in [9.17, 15) is 0 Å². The standard InChI is InChI=1S/C13H15N3.C2H6/c1-3-11-4-6-12(7-5-11)16-13-14-9-8-10(2)15-13;1-2/h4-9H,3H2,1-2H3,(H,14,15,16);1-2H3. The first-order valence-electron chi connectivity index (χ1n) is 6.43. The van der Waals surface area contributed by atoms with Crippen molar-refractivity contribution in [3.05, 3.63) is 47.8 Å². The van der Waals surface area contributed by atoms with Gasteiger partial charge in [0.15, 0.2) is 0 Å². The summed E-state index contributed by atoms with van der Waals surface area (Å²) in [6, 6.07) is 10.2. The average molecular weight is 243 g/mol. The number of benzene rings is 1. The normalized spacial score (nSPS) is 9.33. The molecule has 0 fully saturated rings. The molecule has 0 saturated heterocycles. The summed E-state index contributed by atoms with van der Waals surface area (Å²) in [7, 11) is 0. The number of anilines is 2. The maximum atomic E-state index is 4.29. The molecule has 1 aromatic heterocycles. The zero-order valence-corrected chi connectivity index (χ0v) is 11.6. The van der Waals surface area contributed by atoms with Gasteiger partial charge in [-0.2, -0.15) is 0 Å². The van der Waals surface area contributed by atoms with Gasteiger partial charge in [0.2, 0.25) is 5.95 Å². The number of nitrogens with one attached hydrogen (secondary N) is 1. The Morgan fingerprint density at radius 3 is 2.28 bits per heavy atom. The zero-order valence-electron chi connectivity index (χ0n) is 11.6. The maximum absolute atomic E-state index is 4.29. The number of hydrogen-bond acceptors (Lipinski definition) is 3. The molecule has 0 aliphatic heterocycles. The number of nitrogens with zero attached hydrogens (tertiary/aromatic N) is 2. The highest BCUT2D eigenvalue weighted by molar-refractivity contribution is 5.53. The van der Waals surface area contributed by atoms with E-state index in [1.54, 1.807) is 6.20 Å². The van der Waals surface area contributed by atoms with Crippen molar-refractivity contribution in [2.24, 2.45) is 0 Å². The van der Waals surface area contributed by atoms with Crippen LogP contribution in [0.15, 0.2) is 36.5 Å². The van der Waals surface area contributed by atoms with Crippen LogP contribution in [0.2, 0.25) is 0 Å².